The molecule has 0 bridgehead atoms. The predicted molar refractivity (Wildman–Crippen MR) is 120 cm³/mol. The van der Waals surface area contributed by atoms with Crippen LogP contribution < -0.4 is 15.6 Å². The van der Waals surface area contributed by atoms with Crippen molar-refractivity contribution in [2.45, 2.75) is 32.7 Å². The number of nitrogens with one attached hydrogen (secondary N) is 2. The Labute approximate surface area is 189 Å². The second kappa shape index (κ2) is 10.6. The first-order valence-corrected chi connectivity index (χ1v) is 10.1. The summed E-state index contributed by atoms with van der Waals surface area (Å²) < 4.78 is 24.1. The van der Waals surface area contributed by atoms with Gasteiger partial charge in [0.1, 0.15) is 5.82 Å². The van der Waals surface area contributed by atoms with Crippen molar-refractivity contribution in [2.24, 2.45) is 5.10 Å². The summed E-state index contributed by atoms with van der Waals surface area (Å²) in [5.41, 5.74) is 3.84. The molecular weight excluding hydrogens is 439 g/mol. The number of carbonyl (C=O) groups excluding carboxylic acids is 1. The van der Waals surface area contributed by atoms with Gasteiger partial charge in [-0.15, -0.1) is 0 Å². The summed E-state index contributed by atoms with van der Waals surface area (Å²) >= 11 is 5.19. The van der Waals surface area contributed by atoms with E-state index in [-0.39, 0.29) is 22.9 Å². The Balaban J connectivity index is 1.74. The molecule has 2 aromatic rings. The second-order valence-electron chi connectivity index (χ2n) is 6.86. The van der Waals surface area contributed by atoms with Gasteiger partial charge >= 0.3 is 0 Å². The minimum atomic E-state index is -1.43. The van der Waals surface area contributed by atoms with E-state index in [4.69, 9.17) is 21.7 Å². The van der Waals surface area contributed by atoms with Crippen molar-refractivity contribution in [3.05, 3.63) is 59.9 Å². The molecular formula is C21H23FN4O5S. The molecule has 1 heterocycles. The van der Waals surface area contributed by atoms with Crippen LogP contribution in [0.15, 0.2) is 53.6 Å². The largest absolute Gasteiger partial charge is 0.368 e. The molecule has 1 aliphatic heterocycles. The number of nitrogens with zero attached hydrogens (tertiary/aromatic N) is 2. The van der Waals surface area contributed by atoms with Gasteiger partial charge in [0.2, 0.25) is 0 Å². The lowest BCUT2D eigenvalue weighted by Gasteiger charge is -2.24. The van der Waals surface area contributed by atoms with Gasteiger partial charge in [-0.05, 0) is 56.4 Å². The van der Waals surface area contributed by atoms with Crippen LogP contribution in [0.25, 0.3) is 0 Å². The number of hydrogen-bond acceptors (Lipinski definition) is 7. The van der Waals surface area contributed by atoms with Crippen molar-refractivity contribution in [3.8, 4) is 0 Å². The average Bonchev–Trinajstić information content (AvgIpc) is 2.96. The van der Waals surface area contributed by atoms with Crippen LogP contribution in [0.4, 0.5) is 15.8 Å². The van der Waals surface area contributed by atoms with Crippen molar-refractivity contribution in [3.63, 3.8) is 0 Å². The van der Waals surface area contributed by atoms with Crippen LogP contribution in [0.2, 0.25) is 0 Å². The first-order chi connectivity index (χ1) is 15.2. The van der Waals surface area contributed by atoms with E-state index in [2.05, 4.69) is 15.8 Å². The molecule has 3 atom stereocenters. The molecule has 0 aliphatic carbocycles. The summed E-state index contributed by atoms with van der Waals surface area (Å²) in [4.78, 5) is 14.2. The normalized spacial score (nSPS) is 17.1. The van der Waals surface area contributed by atoms with E-state index in [0.29, 0.717) is 5.69 Å². The van der Waals surface area contributed by atoms with Gasteiger partial charge in [0.25, 0.3) is 5.91 Å². The molecule has 2 aromatic carbocycles. The number of rotatable bonds is 8. The molecule has 4 N–H and O–H groups in total. The molecule has 0 fully saturated rings. The first-order valence-electron chi connectivity index (χ1n) is 9.73. The van der Waals surface area contributed by atoms with Gasteiger partial charge in [0, 0.05) is 11.3 Å². The predicted octanol–water partition coefficient (Wildman–Crippen LogP) is 1.90. The number of aliphatic hydroxyl groups excluding tert-OH is 2. The third-order valence-electron chi connectivity index (χ3n) is 4.33. The third kappa shape index (κ3) is 6.05. The third-order valence-corrected chi connectivity index (χ3v) is 4.52. The van der Waals surface area contributed by atoms with Crippen LogP contribution in [0, 0.1) is 5.82 Å². The second-order valence-corrected chi connectivity index (χ2v) is 7.27. The highest BCUT2D eigenvalue weighted by Crippen LogP contribution is 2.30. The Bertz CT molecular complexity index is 1000. The first kappa shape index (κ1) is 23.7. The van der Waals surface area contributed by atoms with E-state index in [1.165, 1.54) is 36.9 Å². The van der Waals surface area contributed by atoms with Gasteiger partial charge in [-0.1, -0.05) is 18.2 Å². The quantitative estimate of drug-likeness (QED) is 0.267. The summed E-state index contributed by atoms with van der Waals surface area (Å²) in [6.07, 6.45) is -3.45. The van der Waals surface area contributed by atoms with Crippen molar-refractivity contribution in [1.82, 2.24) is 5.43 Å². The monoisotopic (exact) mass is 462 g/mol. The number of hydrogen-bond donors (Lipinski definition) is 4. The number of amides is 1. The molecule has 3 rings (SSSR count). The van der Waals surface area contributed by atoms with Gasteiger partial charge in [-0.3, -0.25) is 10.2 Å². The maximum absolute atomic E-state index is 13.9. The van der Waals surface area contributed by atoms with Gasteiger partial charge in [-0.25, -0.2) is 4.39 Å². The number of anilines is 2. The van der Waals surface area contributed by atoms with E-state index in [9.17, 15) is 19.4 Å². The lowest BCUT2D eigenvalue weighted by Crippen LogP contribution is -2.40. The SMILES string of the molecule is CC(O)OC(C)OC(O)CN1C(=O)/C(=N/NC(=S)Nc2ccccc2)c2cc(F)ccc21. The molecule has 0 aromatic heterocycles. The zero-order valence-corrected chi connectivity index (χ0v) is 18.2. The van der Waals surface area contributed by atoms with Crippen molar-refractivity contribution < 1.29 is 28.9 Å². The highest BCUT2D eigenvalue weighted by Gasteiger charge is 2.36. The number of benzene rings is 2. The number of hydrazone groups is 1. The zero-order valence-electron chi connectivity index (χ0n) is 17.4. The number of β-amino-alcohol motifs (C(OH)–C–C–N with tert-alkyl or cyclic N) is 1. The Kier molecular flexibility index (Phi) is 7.83. The Morgan fingerprint density at radius 1 is 1.19 bits per heavy atom. The van der Waals surface area contributed by atoms with Gasteiger partial charge < -0.3 is 29.9 Å². The molecule has 9 nitrogen and oxygen atoms in total. The number of fused-ring (bicyclic) bond motifs is 1. The molecule has 0 radical (unpaired) electrons. The summed E-state index contributed by atoms with van der Waals surface area (Å²) in [6.45, 7) is 2.62. The zero-order chi connectivity index (χ0) is 23.3. The molecule has 0 saturated heterocycles. The van der Waals surface area contributed by atoms with E-state index in [1.807, 2.05) is 18.2 Å². The number of thiocarbonyl (C=S) groups is 1. The van der Waals surface area contributed by atoms with Crippen LogP contribution in [0.5, 0.6) is 0 Å². The van der Waals surface area contributed by atoms with Gasteiger partial charge in [0.15, 0.2) is 29.7 Å². The number of para-hydroxylation sites is 1. The van der Waals surface area contributed by atoms with Crippen LogP contribution >= 0.6 is 12.2 Å². The lowest BCUT2D eigenvalue weighted by atomic mass is 10.1. The molecule has 1 aliphatic rings. The number of ether oxygens (including phenoxy) is 2. The molecule has 1 amide bonds. The fraction of sp³-hybridized carbons (Fsp3) is 0.286. The highest BCUT2D eigenvalue weighted by molar-refractivity contribution is 7.80. The molecule has 32 heavy (non-hydrogen) atoms. The van der Waals surface area contributed by atoms with E-state index in [1.54, 1.807) is 12.1 Å². The molecule has 170 valence electrons. The lowest BCUT2D eigenvalue weighted by molar-refractivity contribution is -0.261. The Morgan fingerprint density at radius 2 is 1.91 bits per heavy atom. The van der Waals surface area contributed by atoms with E-state index in [0.717, 1.165) is 5.69 Å². The molecule has 11 heteroatoms. The summed E-state index contributed by atoms with van der Waals surface area (Å²) in [6, 6.07) is 12.9. The average molecular weight is 463 g/mol. The number of carbonyl (C=O) groups is 1. The summed E-state index contributed by atoms with van der Waals surface area (Å²) in [5, 5.41) is 26.6. The molecule has 0 spiro atoms. The number of aliphatic hydroxyl groups is 2. The minimum absolute atomic E-state index is 0.0720. The maximum atomic E-state index is 13.9. The van der Waals surface area contributed by atoms with E-state index < -0.39 is 30.6 Å². The number of halogens is 1. The van der Waals surface area contributed by atoms with Crippen LogP contribution in [0.3, 0.4) is 0 Å². The summed E-state index contributed by atoms with van der Waals surface area (Å²) in [7, 11) is 0. The smallest absolute Gasteiger partial charge is 0.279 e. The fourth-order valence-electron chi connectivity index (χ4n) is 3.09. The van der Waals surface area contributed by atoms with Crippen LogP contribution in [0.1, 0.15) is 19.4 Å². The summed E-state index contributed by atoms with van der Waals surface area (Å²) in [5.74, 6) is -1.13. The van der Waals surface area contributed by atoms with Gasteiger partial charge in [0.05, 0.1) is 12.2 Å². The molecule has 3 unspecified atom stereocenters. The van der Waals surface area contributed by atoms with Crippen molar-refractivity contribution >= 4 is 40.3 Å². The van der Waals surface area contributed by atoms with E-state index >= 15 is 0 Å². The van der Waals surface area contributed by atoms with Gasteiger partial charge in [-0.2, -0.15) is 5.10 Å². The van der Waals surface area contributed by atoms with Crippen molar-refractivity contribution in [1.29, 1.82) is 0 Å². The highest BCUT2D eigenvalue weighted by atomic mass is 32.1. The van der Waals surface area contributed by atoms with Crippen LogP contribution in [-0.4, -0.2) is 52.4 Å². The minimum Gasteiger partial charge on any atom is -0.368 e. The maximum Gasteiger partial charge on any atom is 0.279 e. The molecule has 0 saturated carbocycles. The fourth-order valence-corrected chi connectivity index (χ4v) is 3.26. The topological polar surface area (TPSA) is 116 Å². The van der Waals surface area contributed by atoms with Crippen LogP contribution in [-0.2, 0) is 14.3 Å². The Morgan fingerprint density at radius 3 is 2.59 bits per heavy atom. The van der Waals surface area contributed by atoms with Crippen molar-refractivity contribution in [2.75, 3.05) is 16.8 Å². The Hall–Kier alpha value is -2.96. The standard InChI is InChI=1S/C21H23FN4O5S/c1-12(27)30-13(2)31-18(28)11-26-17-9-8-14(22)10-16(17)19(20(26)29)24-25-21(32)23-15-6-4-3-5-7-15/h3-10,12-13,18,27-28H,11H2,1-2H3,(H2,23,25,32)/b24-19+.